The molecule has 2 aromatic rings. The minimum atomic E-state index is -0.261. The third-order valence-electron chi connectivity index (χ3n) is 4.42. The van der Waals surface area contributed by atoms with Crippen molar-refractivity contribution in [2.75, 3.05) is 13.2 Å². The van der Waals surface area contributed by atoms with Crippen LogP contribution in [0.1, 0.15) is 52.1 Å². The van der Waals surface area contributed by atoms with Crippen LogP contribution in [-0.4, -0.2) is 36.1 Å². The molecule has 2 N–H and O–H groups in total. The van der Waals surface area contributed by atoms with E-state index in [9.17, 15) is 9.59 Å². The summed E-state index contributed by atoms with van der Waals surface area (Å²) in [5, 5.41) is 5.76. The Morgan fingerprint density at radius 3 is 2.62 bits per heavy atom. The van der Waals surface area contributed by atoms with E-state index in [0.29, 0.717) is 17.7 Å². The van der Waals surface area contributed by atoms with E-state index in [2.05, 4.69) is 15.6 Å². The lowest BCUT2D eigenvalue weighted by atomic mass is 10.1. The summed E-state index contributed by atoms with van der Waals surface area (Å²) >= 11 is 0. The number of benzene rings is 1. The number of hydrogen-bond acceptors (Lipinski definition) is 4. The van der Waals surface area contributed by atoms with Crippen LogP contribution >= 0.6 is 0 Å². The van der Waals surface area contributed by atoms with Gasteiger partial charge in [0.1, 0.15) is 0 Å². The Hall–Kier alpha value is -2.73. The fraction of sp³-hybridized carbons (Fsp3) is 0.350. The summed E-state index contributed by atoms with van der Waals surface area (Å²) in [4.78, 5) is 28.8. The van der Waals surface area contributed by atoms with E-state index < -0.39 is 0 Å². The monoisotopic (exact) mass is 353 g/mol. The number of pyridine rings is 1. The highest BCUT2D eigenvalue weighted by Gasteiger charge is 2.18. The van der Waals surface area contributed by atoms with Gasteiger partial charge in [0.15, 0.2) is 0 Å². The van der Waals surface area contributed by atoms with Gasteiger partial charge in [0.2, 0.25) is 0 Å². The first-order valence-corrected chi connectivity index (χ1v) is 8.84. The topological polar surface area (TPSA) is 80.3 Å². The van der Waals surface area contributed by atoms with Crippen LogP contribution in [0.3, 0.4) is 0 Å². The molecule has 2 heterocycles. The van der Waals surface area contributed by atoms with Crippen LogP contribution in [0.25, 0.3) is 0 Å². The van der Waals surface area contributed by atoms with Crippen molar-refractivity contribution in [2.24, 2.45) is 0 Å². The van der Waals surface area contributed by atoms with Gasteiger partial charge in [-0.05, 0) is 31.4 Å². The van der Waals surface area contributed by atoms with Crippen LogP contribution in [-0.2, 0) is 4.74 Å². The molecule has 1 aromatic carbocycles. The molecular formula is C20H23N3O3. The smallest absolute Gasteiger partial charge is 0.253 e. The van der Waals surface area contributed by atoms with Crippen LogP contribution in [0, 0.1) is 0 Å². The summed E-state index contributed by atoms with van der Waals surface area (Å²) in [5.74, 6) is -0.513. The van der Waals surface area contributed by atoms with E-state index in [1.807, 2.05) is 37.3 Å². The summed E-state index contributed by atoms with van der Waals surface area (Å²) < 4.78 is 5.49. The maximum Gasteiger partial charge on any atom is 0.253 e. The van der Waals surface area contributed by atoms with Crippen molar-refractivity contribution in [3.8, 4) is 0 Å². The third kappa shape index (κ3) is 4.67. The molecule has 136 valence electrons. The predicted octanol–water partition coefficient (Wildman–Crippen LogP) is 2.48. The van der Waals surface area contributed by atoms with Crippen molar-refractivity contribution in [2.45, 2.75) is 31.9 Å². The molecule has 26 heavy (non-hydrogen) atoms. The highest BCUT2D eigenvalue weighted by Crippen LogP contribution is 2.13. The highest BCUT2D eigenvalue weighted by atomic mass is 16.5. The molecule has 2 amide bonds. The molecule has 3 rings (SSSR count). The number of aromatic nitrogens is 1. The van der Waals surface area contributed by atoms with E-state index in [-0.39, 0.29) is 24.0 Å². The van der Waals surface area contributed by atoms with Crippen molar-refractivity contribution < 1.29 is 14.3 Å². The van der Waals surface area contributed by atoms with E-state index in [0.717, 1.165) is 25.0 Å². The number of carbonyl (C=O) groups excluding carboxylic acids is 2. The van der Waals surface area contributed by atoms with Gasteiger partial charge in [0.05, 0.1) is 23.3 Å². The van der Waals surface area contributed by atoms with Crippen molar-refractivity contribution in [1.82, 2.24) is 15.6 Å². The molecule has 0 aliphatic carbocycles. The molecule has 0 bridgehead atoms. The first kappa shape index (κ1) is 18.1. The van der Waals surface area contributed by atoms with Gasteiger partial charge >= 0.3 is 0 Å². The molecule has 1 aliphatic heterocycles. The molecule has 2 atom stereocenters. The number of nitrogens with one attached hydrogen (secondary N) is 2. The molecule has 1 fully saturated rings. The Balaban J connectivity index is 1.60. The number of hydrogen-bond donors (Lipinski definition) is 2. The minimum absolute atomic E-state index is 0.0742. The average Bonchev–Trinajstić information content (AvgIpc) is 3.20. The molecule has 6 nitrogen and oxygen atoms in total. The molecular weight excluding hydrogens is 330 g/mol. The van der Waals surface area contributed by atoms with Crippen molar-refractivity contribution >= 4 is 11.8 Å². The molecule has 1 aromatic heterocycles. The zero-order chi connectivity index (χ0) is 18.4. The van der Waals surface area contributed by atoms with Gasteiger partial charge in [-0.3, -0.25) is 14.6 Å². The Labute approximate surface area is 153 Å². The Kier molecular flexibility index (Phi) is 5.96. The average molecular weight is 353 g/mol. The van der Waals surface area contributed by atoms with Gasteiger partial charge in [-0.15, -0.1) is 0 Å². The zero-order valence-electron chi connectivity index (χ0n) is 14.8. The van der Waals surface area contributed by atoms with Crippen LogP contribution in [0.4, 0.5) is 0 Å². The lowest BCUT2D eigenvalue weighted by Crippen LogP contribution is -2.32. The van der Waals surface area contributed by atoms with Crippen LogP contribution in [0.5, 0.6) is 0 Å². The van der Waals surface area contributed by atoms with E-state index in [4.69, 9.17) is 4.74 Å². The van der Waals surface area contributed by atoms with Crippen LogP contribution in [0.15, 0.2) is 48.8 Å². The molecule has 0 saturated carbocycles. The van der Waals surface area contributed by atoms with Crippen LogP contribution < -0.4 is 10.6 Å². The highest BCUT2D eigenvalue weighted by molar-refractivity contribution is 5.99. The lowest BCUT2D eigenvalue weighted by Gasteiger charge is -2.14. The molecule has 1 saturated heterocycles. The largest absolute Gasteiger partial charge is 0.376 e. The second-order valence-corrected chi connectivity index (χ2v) is 6.41. The van der Waals surface area contributed by atoms with Gasteiger partial charge in [-0.25, -0.2) is 0 Å². The van der Waals surface area contributed by atoms with Gasteiger partial charge in [0, 0.05) is 25.5 Å². The summed E-state index contributed by atoms with van der Waals surface area (Å²) in [6, 6.07) is 11.1. The van der Waals surface area contributed by atoms with Crippen molar-refractivity contribution in [1.29, 1.82) is 0 Å². The first-order chi connectivity index (χ1) is 12.6. The zero-order valence-corrected chi connectivity index (χ0v) is 14.8. The van der Waals surface area contributed by atoms with E-state index >= 15 is 0 Å². The van der Waals surface area contributed by atoms with Gasteiger partial charge in [-0.1, -0.05) is 30.3 Å². The van der Waals surface area contributed by atoms with Gasteiger partial charge in [0.25, 0.3) is 11.8 Å². The number of nitrogens with zero attached hydrogens (tertiary/aromatic N) is 1. The SMILES string of the molecule is CC(NC(=O)c1cncc(C(=O)NCC2CCCO2)c1)c1ccccc1. The van der Waals surface area contributed by atoms with Crippen molar-refractivity contribution in [3.05, 3.63) is 65.5 Å². The van der Waals surface area contributed by atoms with Crippen LogP contribution in [0.2, 0.25) is 0 Å². The number of ether oxygens (including phenoxy) is 1. The second-order valence-electron chi connectivity index (χ2n) is 6.41. The van der Waals surface area contributed by atoms with Crippen molar-refractivity contribution in [3.63, 3.8) is 0 Å². The number of amides is 2. The van der Waals surface area contributed by atoms with Gasteiger partial charge < -0.3 is 15.4 Å². The molecule has 1 aliphatic rings. The Bertz CT molecular complexity index is 758. The van der Waals surface area contributed by atoms with E-state index in [1.54, 1.807) is 6.07 Å². The summed E-state index contributed by atoms with van der Waals surface area (Å²) in [7, 11) is 0. The molecule has 6 heteroatoms. The maximum absolute atomic E-state index is 12.5. The van der Waals surface area contributed by atoms with E-state index in [1.165, 1.54) is 12.4 Å². The quantitative estimate of drug-likeness (QED) is 0.836. The fourth-order valence-electron chi connectivity index (χ4n) is 2.91. The molecule has 0 spiro atoms. The fourth-order valence-corrected chi connectivity index (χ4v) is 2.91. The summed E-state index contributed by atoms with van der Waals surface area (Å²) in [6.07, 6.45) is 4.98. The number of rotatable bonds is 6. The standard InChI is InChI=1S/C20H23N3O3/c1-14(15-6-3-2-4-7-15)23-20(25)17-10-16(11-21-12-17)19(24)22-13-18-8-5-9-26-18/h2-4,6-7,10-12,14,18H,5,8-9,13H2,1H3,(H,22,24)(H,23,25). The summed E-state index contributed by atoms with van der Waals surface area (Å²) in [5.41, 5.74) is 1.74. The summed E-state index contributed by atoms with van der Waals surface area (Å²) in [6.45, 7) is 3.14. The lowest BCUT2D eigenvalue weighted by molar-refractivity contribution is 0.0857. The van der Waals surface area contributed by atoms with Gasteiger partial charge in [-0.2, -0.15) is 0 Å². The second kappa shape index (κ2) is 8.58. The maximum atomic E-state index is 12.5. The minimum Gasteiger partial charge on any atom is -0.376 e. The Morgan fingerprint density at radius 2 is 1.92 bits per heavy atom. The molecule has 0 radical (unpaired) electrons. The first-order valence-electron chi connectivity index (χ1n) is 8.84. The normalized spacial score (nSPS) is 17.5. The predicted molar refractivity (Wildman–Crippen MR) is 97.9 cm³/mol. The number of carbonyl (C=O) groups is 2. The molecule has 2 unspecified atom stereocenters. The Morgan fingerprint density at radius 1 is 1.19 bits per heavy atom. The third-order valence-corrected chi connectivity index (χ3v) is 4.42.